The van der Waals surface area contributed by atoms with Crippen molar-refractivity contribution in [3.63, 3.8) is 0 Å². The second-order valence-corrected chi connectivity index (χ2v) is 6.77. The molecule has 2 aromatic carbocycles. The molecule has 0 radical (unpaired) electrons. The van der Waals surface area contributed by atoms with E-state index in [4.69, 9.17) is 11.6 Å². The van der Waals surface area contributed by atoms with Gasteiger partial charge in [-0.3, -0.25) is 14.5 Å². The predicted octanol–water partition coefficient (Wildman–Crippen LogP) is 3.15. The van der Waals surface area contributed by atoms with E-state index in [0.29, 0.717) is 32.2 Å². The number of anilines is 1. The van der Waals surface area contributed by atoms with Crippen molar-refractivity contribution in [3.8, 4) is 0 Å². The van der Waals surface area contributed by atoms with Gasteiger partial charge in [-0.25, -0.2) is 13.2 Å². The summed E-state index contributed by atoms with van der Waals surface area (Å²) in [5.41, 5.74) is 0.132. The Morgan fingerprint density at radius 3 is 2.25 bits per heavy atom. The minimum atomic E-state index is -0.847. The van der Waals surface area contributed by atoms with Crippen LogP contribution in [0.25, 0.3) is 0 Å². The summed E-state index contributed by atoms with van der Waals surface area (Å²) in [5.74, 6) is -2.83. The zero-order valence-corrected chi connectivity index (χ0v) is 15.5. The third-order valence-corrected chi connectivity index (χ3v) is 4.71. The van der Waals surface area contributed by atoms with Gasteiger partial charge in [-0.05, 0) is 30.3 Å². The van der Waals surface area contributed by atoms with Gasteiger partial charge in [0.2, 0.25) is 5.91 Å². The fourth-order valence-electron chi connectivity index (χ4n) is 2.93. The van der Waals surface area contributed by atoms with Crippen LogP contribution in [-0.4, -0.2) is 54.3 Å². The Morgan fingerprint density at radius 2 is 1.61 bits per heavy atom. The van der Waals surface area contributed by atoms with Gasteiger partial charge in [-0.2, -0.15) is 0 Å². The predicted molar refractivity (Wildman–Crippen MR) is 98.7 cm³/mol. The number of amides is 2. The molecule has 1 N–H and O–H groups in total. The zero-order valence-electron chi connectivity index (χ0n) is 14.7. The lowest BCUT2D eigenvalue weighted by Gasteiger charge is -2.34. The third kappa shape index (κ3) is 4.82. The second-order valence-electron chi connectivity index (χ2n) is 6.36. The van der Waals surface area contributed by atoms with Crippen molar-refractivity contribution in [2.24, 2.45) is 0 Å². The van der Waals surface area contributed by atoms with Gasteiger partial charge in [0.15, 0.2) is 0 Å². The standard InChI is InChI=1S/C19H17ClF3N3O2/c20-15-9-12(21)1-3-14(15)19(28)26-7-5-25(6-8-26)11-18(27)24-17-4-2-13(22)10-16(17)23/h1-4,9-10H,5-8,11H2,(H,24,27). The fourth-order valence-corrected chi connectivity index (χ4v) is 3.17. The summed E-state index contributed by atoms with van der Waals surface area (Å²) in [6.07, 6.45) is 0. The monoisotopic (exact) mass is 411 g/mol. The van der Waals surface area contributed by atoms with Crippen LogP contribution in [-0.2, 0) is 4.79 Å². The number of rotatable bonds is 4. The molecular formula is C19H17ClF3N3O2. The Morgan fingerprint density at radius 1 is 0.964 bits per heavy atom. The molecule has 28 heavy (non-hydrogen) atoms. The number of hydrogen-bond donors (Lipinski definition) is 1. The van der Waals surface area contributed by atoms with Crippen LogP contribution in [0.3, 0.4) is 0 Å². The Kier molecular flexibility index (Phi) is 6.21. The topological polar surface area (TPSA) is 52.7 Å². The summed E-state index contributed by atoms with van der Waals surface area (Å²) in [7, 11) is 0. The van der Waals surface area contributed by atoms with E-state index in [9.17, 15) is 22.8 Å². The molecule has 1 aliphatic heterocycles. The van der Waals surface area contributed by atoms with Gasteiger partial charge < -0.3 is 10.2 Å². The van der Waals surface area contributed by atoms with Crippen LogP contribution < -0.4 is 5.32 Å². The molecule has 1 aliphatic rings. The maximum Gasteiger partial charge on any atom is 0.255 e. The van der Waals surface area contributed by atoms with Crippen molar-refractivity contribution in [2.45, 2.75) is 0 Å². The number of carbonyl (C=O) groups is 2. The lowest BCUT2D eigenvalue weighted by atomic mass is 10.1. The van der Waals surface area contributed by atoms with Gasteiger partial charge >= 0.3 is 0 Å². The summed E-state index contributed by atoms with van der Waals surface area (Å²) >= 11 is 5.94. The summed E-state index contributed by atoms with van der Waals surface area (Å²) in [6, 6.07) is 6.52. The first-order valence-corrected chi connectivity index (χ1v) is 8.93. The minimum absolute atomic E-state index is 0.0101. The first kappa shape index (κ1) is 20.2. The molecule has 3 rings (SSSR count). The minimum Gasteiger partial charge on any atom is -0.336 e. The van der Waals surface area contributed by atoms with Gasteiger partial charge in [0.05, 0.1) is 22.8 Å². The molecule has 1 saturated heterocycles. The number of halogens is 4. The number of nitrogens with zero attached hydrogens (tertiary/aromatic N) is 2. The highest BCUT2D eigenvalue weighted by Gasteiger charge is 2.25. The van der Waals surface area contributed by atoms with Crippen molar-refractivity contribution in [2.75, 3.05) is 38.0 Å². The summed E-state index contributed by atoms with van der Waals surface area (Å²) in [6.45, 7) is 1.61. The number of benzene rings is 2. The van der Waals surface area contributed by atoms with E-state index >= 15 is 0 Å². The molecule has 0 bridgehead atoms. The molecule has 0 unspecified atom stereocenters. The Bertz CT molecular complexity index is 902. The largest absolute Gasteiger partial charge is 0.336 e. The van der Waals surface area contributed by atoms with Gasteiger partial charge in [0.25, 0.3) is 5.91 Å². The van der Waals surface area contributed by atoms with Crippen LogP contribution in [0.5, 0.6) is 0 Å². The quantitative estimate of drug-likeness (QED) is 0.841. The third-order valence-electron chi connectivity index (χ3n) is 4.39. The van der Waals surface area contributed by atoms with E-state index in [2.05, 4.69) is 5.32 Å². The number of carbonyl (C=O) groups excluding carboxylic acids is 2. The number of nitrogens with one attached hydrogen (secondary N) is 1. The van der Waals surface area contributed by atoms with E-state index in [1.807, 2.05) is 4.90 Å². The molecule has 0 spiro atoms. The molecule has 2 amide bonds. The van der Waals surface area contributed by atoms with Gasteiger partial charge in [0.1, 0.15) is 17.5 Å². The van der Waals surface area contributed by atoms with Crippen LogP contribution in [0, 0.1) is 17.5 Å². The Hall–Kier alpha value is -2.58. The summed E-state index contributed by atoms with van der Waals surface area (Å²) < 4.78 is 39.6. The fraction of sp³-hybridized carbons (Fsp3) is 0.263. The Labute approximate surface area is 164 Å². The second kappa shape index (κ2) is 8.62. The lowest BCUT2D eigenvalue weighted by Crippen LogP contribution is -2.50. The SMILES string of the molecule is O=C(CN1CCN(C(=O)c2ccc(F)cc2Cl)CC1)Nc1ccc(F)cc1F. The van der Waals surface area contributed by atoms with E-state index in [0.717, 1.165) is 18.2 Å². The van der Waals surface area contributed by atoms with Crippen molar-refractivity contribution in [3.05, 3.63) is 64.4 Å². The smallest absolute Gasteiger partial charge is 0.255 e. The van der Waals surface area contributed by atoms with Gasteiger partial charge in [-0.15, -0.1) is 0 Å². The van der Waals surface area contributed by atoms with Crippen molar-refractivity contribution in [1.29, 1.82) is 0 Å². The molecule has 5 nitrogen and oxygen atoms in total. The molecule has 2 aromatic rings. The van der Waals surface area contributed by atoms with Crippen LogP contribution in [0.1, 0.15) is 10.4 Å². The van der Waals surface area contributed by atoms with Crippen molar-refractivity contribution < 1.29 is 22.8 Å². The highest BCUT2D eigenvalue weighted by atomic mass is 35.5. The molecule has 9 heteroatoms. The molecule has 0 saturated carbocycles. The van der Waals surface area contributed by atoms with E-state index in [-0.39, 0.29) is 28.7 Å². The van der Waals surface area contributed by atoms with Crippen molar-refractivity contribution in [1.82, 2.24) is 9.80 Å². The summed E-state index contributed by atoms with van der Waals surface area (Å²) in [5, 5.41) is 2.45. The molecule has 1 fully saturated rings. The normalized spacial score (nSPS) is 14.8. The number of piperazine rings is 1. The first-order valence-electron chi connectivity index (χ1n) is 8.55. The van der Waals surface area contributed by atoms with Crippen LogP contribution in [0.2, 0.25) is 5.02 Å². The zero-order chi connectivity index (χ0) is 20.3. The van der Waals surface area contributed by atoms with E-state index < -0.39 is 23.4 Å². The summed E-state index contributed by atoms with van der Waals surface area (Å²) in [4.78, 5) is 28.0. The maximum atomic E-state index is 13.6. The molecule has 148 valence electrons. The average Bonchev–Trinajstić information content (AvgIpc) is 2.64. The molecule has 0 aromatic heterocycles. The van der Waals surface area contributed by atoms with E-state index in [1.54, 1.807) is 4.90 Å². The molecule has 0 aliphatic carbocycles. The van der Waals surface area contributed by atoms with Crippen LogP contribution >= 0.6 is 11.6 Å². The Balaban J connectivity index is 1.52. The van der Waals surface area contributed by atoms with Gasteiger partial charge in [-0.1, -0.05) is 11.6 Å². The first-order chi connectivity index (χ1) is 13.3. The average molecular weight is 412 g/mol. The number of hydrogen-bond acceptors (Lipinski definition) is 3. The highest BCUT2D eigenvalue weighted by molar-refractivity contribution is 6.33. The lowest BCUT2D eigenvalue weighted by molar-refractivity contribution is -0.117. The molecular weight excluding hydrogens is 395 g/mol. The van der Waals surface area contributed by atoms with Crippen molar-refractivity contribution >= 4 is 29.1 Å². The maximum absolute atomic E-state index is 13.6. The molecule has 1 heterocycles. The van der Waals surface area contributed by atoms with Crippen LogP contribution in [0.15, 0.2) is 36.4 Å². The van der Waals surface area contributed by atoms with E-state index in [1.165, 1.54) is 12.1 Å². The highest BCUT2D eigenvalue weighted by Crippen LogP contribution is 2.20. The van der Waals surface area contributed by atoms with Crippen LogP contribution in [0.4, 0.5) is 18.9 Å². The van der Waals surface area contributed by atoms with Gasteiger partial charge in [0, 0.05) is 32.2 Å². The molecule has 0 atom stereocenters.